The highest BCUT2D eigenvalue weighted by Gasteiger charge is 2.32. The fourth-order valence-corrected chi connectivity index (χ4v) is 4.55. The minimum atomic E-state index is -3.56. The third kappa shape index (κ3) is 2.80. The fourth-order valence-electron chi connectivity index (χ4n) is 2.73. The van der Waals surface area contributed by atoms with Gasteiger partial charge in [-0.2, -0.15) is 9.57 Å². The normalized spacial score (nSPS) is 24.9. The summed E-state index contributed by atoms with van der Waals surface area (Å²) in [5.41, 5.74) is 0.216. The van der Waals surface area contributed by atoms with Crippen LogP contribution >= 0.6 is 0 Å². The van der Waals surface area contributed by atoms with E-state index in [0.717, 1.165) is 6.42 Å². The second kappa shape index (κ2) is 5.32. The van der Waals surface area contributed by atoms with Gasteiger partial charge in [-0.1, -0.05) is 26.0 Å². The first-order chi connectivity index (χ1) is 8.95. The molecule has 102 valence electrons. The fraction of sp³-hybridized carbons (Fsp3) is 0.500. The van der Waals surface area contributed by atoms with Gasteiger partial charge in [0.1, 0.15) is 6.07 Å². The van der Waals surface area contributed by atoms with Crippen molar-refractivity contribution < 1.29 is 8.42 Å². The van der Waals surface area contributed by atoms with Crippen molar-refractivity contribution in [1.82, 2.24) is 4.31 Å². The highest BCUT2D eigenvalue weighted by atomic mass is 32.2. The van der Waals surface area contributed by atoms with Crippen molar-refractivity contribution in [3.05, 3.63) is 29.8 Å². The molecule has 1 aliphatic heterocycles. The summed E-state index contributed by atoms with van der Waals surface area (Å²) in [5, 5.41) is 9.05. The molecule has 0 spiro atoms. The minimum Gasteiger partial charge on any atom is -0.207 e. The lowest BCUT2D eigenvalue weighted by atomic mass is 9.94. The molecule has 1 aliphatic rings. The van der Waals surface area contributed by atoms with Gasteiger partial charge in [0.2, 0.25) is 10.0 Å². The van der Waals surface area contributed by atoms with Gasteiger partial charge < -0.3 is 0 Å². The van der Waals surface area contributed by atoms with Crippen LogP contribution in [-0.4, -0.2) is 25.8 Å². The topological polar surface area (TPSA) is 61.2 Å². The molecule has 0 amide bonds. The number of nitrogens with zero attached hydrogens (tertiary/aromatic N) is 2. The maximum absolute atomic E-state index is 12.6. The number of benzene rings is 1. The van der Waals surface area contributed by atoms with Gasteiger partial charge in [-0.25, -0.2) is 8.42 Å². The van der Waals surface area contributed by atoms with Crippen LogP contribution in [0.15, 0.2) is 29.2 Å². The highest BCUT2D eigenvalue weighted by Crippen LogP contribution is 2.27. The zero-order chi connectivity index (χ0) is 14.0. The summed E-state index contributed by atoms with van der Waals surface area (Å²) in [6, 6.07) is 8.35. The molecular formula is C14H18N2O2S. The SMILES string of the molecule is CC1CC(C)CN(S(=O)(=O)c2ccccc2C#N)C1. The van der Waals surface area contributed by atoms with Crippen LogP contribution in [0, 0.1) is 23.2 Å². The van der Waals surface area contributed by atoms with Crippen molar-refractivity contribution in [3.8, 4) is 6.07 Å². The molecule has 0 aliphatic carbocycles. The van der Waals surface area contributed by atoms with E-state index in [1.165, 1.54) is 10.4 Å². The number of nitriles is 1. The third-order valence-electron chi connectivity index (χ3n) is 3.46. The van der Waals surface area contributed by atoms with Crippen LogP contribution in [0.25, 0.3) is 0 Å². The van der Waals surface area contributed by atoms with E-state index in [1.807, 2.05) is 6.07 Å². The average molecular weight is 278 g/mol. The van der Waals surface area contributed by atoms with Gasteiger partial charge >= 0.3 is 0 Å². The maximum Gasteiger partial charge on any atom is 0.244 e. The Kier molecular flexibility index (Phi) is 3.93. The largest absolute Gasteiger partial charge is 0.244 e. The number of piperidine rings is 1. The summed E-state index contributed by atoms with van der Waals surface area (Å²) in [5.74, 6) is 0.709. The van der Waals surface area contributed by atoms with Gasteiger partial charge in [0.15, 0.2) is 0 Å². The Morgan fingerprint density at radius 2 is 1.79 bits per heavy atom. The second-order valence-electron chi connectivity index (χ2n) is 5.38. The van der Waals surface area contributed by atoms with E-state index in [4.69, 9.17) is 5.26 Å². The summed E-state index contributed by atoms with van der Waals surface area (Å²) >= 11 is 0. The first-order valence-corrected chi connectivity index (χ1v) is 7.88. The lowest BCUT2D eigenvalue weighted by Crippen LogP contribution is -2.42. The van der Waals surface area contributed by atoms with Crippen LogP contribution in [-0.2, 0) is 10.0 Å². The quantitative estimate of drug-likeness (QED) is 0.833. The van der Waals surface area contributed by atoms with Gasteiger partial charge in [-0.05, 0) is 30.4 Å². The van der Waals surface area contributed by atoms with E-state index in [1.54, 1.807) is 18.2 Å². The molecule has 2 rings (SSSR count). The highest BCUT2D eigenvalue weighted by molar-refractivity contribution is 7.89. The van der Waals surface area contributed by atoms with E-state index < -0.39 is 10.0 Å². The van der Waals surface area contributed by atoms with Crippen molar-refractivity contribution in [2.24, 2.45) is 11.8 Å². The Bertz CT molecular complexity index is 594. The van der Waals surface area contributed by atoms with Gasteiger partial charge in [0.05, 0.1) is 10.5 Å². The van der Waals surface area contributed by atoms with Gasteiger partial charge in [-0.15, -0.1) is 0 Å². The Morgan fingerprint density at radius 1 is 1.21 bits per heavy atom. The molecule has 2 unspecified atom stereocenters. The summed E-state index contributed by atoms with van der Waals surface area (Å²) in [6.45, 7) is 5.20. The molecule has 0 radical (unpaired) electrons. The first kappa shape index (κ1) is 14.0. The lowest BCUT2D eigenvalue weighted by molar-refractivity contribution is 0.222. The number of rotatable bonds is 2. The Labute approximate surface area is 114 Å². The lowest BCUT2D eigenvalue weighted by Gasteiger charge is -2.34. The summed E-state index contributed by atoms with van der Waals surface area (Å²) in [4.78, 5) is 0.124. The minimum absolute atomic E-state index is 0.124. The molecule has 0 bridgehead atoms. The maximum atomic E-state index is 12.6. The molecule has 0 aromatic heterocycles. The van der Waals surface area contributed by atoms with Gasteiger partial charge in [0, 0.05) is 13.1 Å². The molecule has 1 heterocycles. The zero-order valence-corrected chi connectivity index (χ0v) is 12.0. The summed E-state index contributed by atoms with van der Waals surface area (Å²) in [6.07, 6.45) is 1.05. The van der Waals surface area contributed by atoms with Crippen molar-refractivity contribution in [2.45, 2.75) is 25.2 Å². The van der Waals surface area contributed by atoms with Crippen LogP contribution in [0.4, 0.5) is 0 Å². The number of hydrogen-bond acceptors (Lipinski definition) is 3. The Balaban J connectivity index is 2.40. The molecule has 1 aromatic carbocycles. The molecule has 19 heavy (non-hydrogen) atoms. The molecule has 2 atom stereocenters. The van der Waals surface area contributed by atoms with Gasteiger partial charge in [-0.3, -0.25) is 0 Å². The molecule has 1 fully saturated rings. The molecule has 0 N–H and O–H groups in total. The Morgan fingerprint density at radius 3 is 2.37 bits per heavy atom. The monoisotopic (exact) mass is 278 g/mol. The third-order valence-corrected chi connectivity index (χ3v) is 5.35. The smallest absolute Gasteiger partial charge is 0.207 e. The van der Waals surface area contributed by atoms with Crippen molar-refractivity contribution in [2.75, 3.05) is 13.1 Å². The van der Waals surface area contributed by atoms with Crippen molar-refractivity contribution in [3.63, 3.8) is 0 Å². The van der Waals surface area contributed by atoms with Gasteiger partial charge in [0.25, 0.3) is 0 Å². The molecule has 1 saturated heterocycles. The first-order valence-electron chi connectivity index (χ1n) is 6.44. The van der Waals surface area contributed by atoms with E-state index in [-0.39, 0.29) is 10.5 Å². The predicted octanol–water partition coefficient (Wildman–Crippen LogP) is 2.22. The zero-order valence-electron chi connectivity index (χ0n) is 11.2. The molecular weight excluding hydrogens is 260 g/mol. The predicted molar refractivity (Wildman–Crippen MR) is 72.9 cm³/mol. The van der Waals surface area contributed by atoms with Crippen LogP contribution in [0.2, 0.25) is 0 Å². The summed E-state index contributed by atoms with van der Waals surface area (Å²) < 4.78 is 26.8. The van der Waals surface area contributed by atoms with Crippen LogP contribution in [0.5, 0.6) is 0 Å². The standard InChI is InChI=1S/C14H18N2O2S/c1-11-7-12(2)10-16(9-11)19(17,18)14-6-4-3-5-13(14)8-15/h3-6,11-12H,7,9-10H2,1-2H3. The van der Waals surface area contributed by atoms with Crippen molar-refractivity contribution in [1.29, 1.82) is 5.26 Å². The molecule has 5 heteroatoms. The molecule has 1 aromatic rings. The number of sulfonamides is 1. The van der Waals surface area contributed by atoms with E-state index >= 15 is 0 Å². The Hall–Kier alpha value is -1.38. The van der Waals surface area contributed by atoms with Crippen LogP contribution in [0.3, 0.4) is 0 Å². The molecule has 4 nitrogen and oxygen atoms in total. The summed E-state index contributed by atoms with van der Waals surface area (Å²) in [7, 11) is -3.56. The van der Waals surface area contributed by atoms with E-state index in [9.17, 15) is 8.42 Å². The van der Waals surface area contributed by atoms with Crippen LogP contribution < -0.4 is 0 Å². The molecule has 0 saturated carbocycles. The average Bonchev–Trinajstić information content (AvgIpc) is 2.37. The van der Waals surface area contributed by atoms with E-state index in [2.05, 4.69) is 13.8 Å². The number of hydrogen-bond donors (Lipinski definition) is 0. The van der Waals surface area contributed by atoms with E-state index in [0.29, 0.717) is 24.9 Å². The second-order valence-corrected chi connectivity index (χ2v) is 7.28. The van der Waals surface area contributed by atoms with Crippen LogP contribution in [0.1, 0.15) is 25.8 Å². The van der Waals surface area contributed by atoms with Crippen molar-refractivity contribution >= 4 is 10.0 Å².